The first-order chi connectivity index (χ1) is 7.79. The summed E-state index contributed by atoms with van der Waals surface area (Å²) in [5.74, 6) is 0. The fourth-order valence-corrected chi connectivity index (χ4v) is 2.20. The van der Waals surface area contributed by atoms with Gasteiger partial charge < -0.3 is 14.9 Å². The molecule has 0 unspecified atom stereocenters. The number of hydrogen-bond acceptors (Lipinski definition) is 3. The number of hydrogen-bond donors (Lipinski definition) is 2. The van der Waals surface area contributed by atoms with Gasteiger partial charge in [-0.15, -0.1) is 0 Å². The largest absolute Gasteiger partial charge is 0.396 e. The quantitative estimate of drug-likeness (QED) is 0.817. The molecule has 1 saturated heterocycles. The molecule has 1 fully saturated rings. The number of aliphatic hydroxyl groups is 2. The number of benzene rings is 1. The normalized spacial score (nSPS) is 30.2. The monoisotopic (exact) mass is 222 g/mol. The van der Waals surface area contributed by atoms with Gasteiger partial charge in [-0.1, -0.05) is 30.3 Å². The molecule has 2 N–H and O–H groups in total. The van der Waals surface area contributed by atoms with Gasteiger partial charge in [0.15, 0.2) is 0 Å². The Morgan fingerprint density at radius 1 is 1.19 bits per heavy atom. The van der Waals surface area contributed by atoms with Gasteiger partial charge in [0.1, 0.15) is 0 Å². The van der Waals surface area contributed by atoms with Crippen molar-refractivity contribution in [2.75, 3.05) is 6.61 Å². The fraction of sp³-hybridized carbons (Fsp3) is 0.538. The Labute approximate surface area is 95.7 Å². The van der Waals surface area contributed by atoms with Crippen LogP contribution in [0.3, 0.4) is 0 Å². The molecular weight excluding hydrogens is 204 g/mol. The molecular formula is C13H18O3. The van der Waals surface area contributed by atoms with Gasteiger partial charge in [0.2, 0.25) is 0 Å². The van der Waals surface area contributed by atoms with Crippen molar-refractivity contribution < 1.29 is 14.9 Å². The van der Waals surface area contributed by atoms with Gasteiger partial charge in [0.05, 0.1) is 18.3 Å². The highest BCUT2D eigenvalue weighted by molar-refractivity contribution is 5.18. The maximum absolute atomic E-state index is 9.78. The highest BCUT2D eigenvalue weighted by Gasteiger charge is 2.28. The van der Waals surface area contributed by atoms with Gasteiger partial charge >= 0.3 is 0 Å². The molecule has 0 aromatic heterocycles. The molecule has 1 aliphatic rings. The molecule has 2 rings (SSSR count). The van der Waals surface area contributed by atoms with Crippen LogP contribution in [0.15, 0.2) is 30.3 Å². The van der Waals surface area contributed by atoms with Crippen LogP contribution in [0, 0.1) is 0 Å². The Balaban J connectivity index is 2.04. The third-order valence-electron chi connectivity index (χ3n) is 3.00. The Bertz CT molecular complexity index is 312. The van der Waals surface area contributed by atoms with Crippen molar-refractivity contribution in [2.24, 2.45) is 0 Å². The minimum absolute atomic E-state index is 0.0287. The van der Waals surface area contributed by atoms with Crippen LogP contribution in [-0.2, 0) is 4.74 Å². The third-order valence-corrected chi connectivity index (χ3v) is 3.00. The minimum atomic E-state index is -0.324. The van der Waals surface area contributed by atoms with E-state index in [0.29, 0.717) is 19.3 Å². The van der Waals surface area contributed by atoms with Crippen molar-refractivity contribution in [3.05, 3.63) is 35.9 Å². The number of aliphatic hydroxyl groups excluding tert-OH is 2. The van der Waals surface area contributed by atoms with Gasteiger partial charge in [-0.05, 0) is 18.4 Å². The van der Waals surface area contributed by atoms with E-state index in [1.54, 1.807) is 0 Å². The predicted octanol–water partition coefficient (Wildman–Crippen LogP) is 1.65. The zero-order chi connectivity index (χ0) is 11.4. The van der Waals surface area contributed by atoms with E-state index >= 15 is 0 Å². The molecule has 1 aromatic carbocycles. The van der Waals surface area contributed by atoms with Crippen LogP contribution in [-0.4, -0.2) is 29.0 Å². The summed E-state index contributed by atoms with van der Waals surface area (Å²) in [6, 6.07) is 9.94. The Kier molecular flexibility index (Phi) is 3.93. The Hall–Kier alpha value is -0.900. The molecule has 0 bridgehead atoms. The average Bonchev–Trinajstić information content (AvgIpc) is 2.30. The summed E-state index contributed by atoms with van der Waals surface area (Å²) >= 11 is 0. The van der Waals surface area contributed by atoms with E-state index in [-0.39, 0.29) is 24.9 Å². The van der Waals surface area contributed by atoms with Crippen molar-refractivity contribution in [3.8, 4) is 0 Å². The maximum atomic E-state index is 9.78. The molecule has 3 nitrogen and oxygen atoms in total. The molecule has 1 aromatic rings. The molecule has 0 aliphatic carbocycles. The standard InChI is InChI=1S/C13H18O3/c14-7-6-12-8-11(15)9-13(16-12)10-4-2-1-3-5-10/h1-5,11-15H,6-9H2/t11-,12+,13+/m1/s1. The highest BCUT2D eigenvalue weighted by atomic mass is 16.5. The second-order valence-electron chi connectivity index (χ2n) is 4.29. The van der Waals surface area contributed by atoms with Crippen LogP contribution < -0.4 is 0 Å². The van der Waals surface area contributed by atoms with Crippen LogP contribution in [0.1, 0.15) is 30.9 Å². The molecule has 3 heteroatoms. The van der Waals surface area contributed by atoms with Crippen LogP contribution >= 0.6 is 0 Å². The van der Waals surface area contributed by atoms with Crippen molar-refractivity contribution >= 4 is 0 Å². The molecule has 1 aliphatic heterocycles. The molecule has 0 spiro atoms. The van der Waals surface area contributed by atoms with Gasteiger partial charge in [0, 0.05) is 13.0 Å². The second-order valence-corrected chi connectivity index (χ2v) is 4.29. The van der Waals surface area contributed by atoms with Crippen LogP contribution in [0.4, 0.5) is 0 Å². The van der Waals surface area contributed by atoms with E-state index in [2.05, 4.69) is 0 Å². The fourth-order valence-electron chi connectivity index (χ4n) is 2.20. The van der Waals surface area contributed by atoms with E-state index < -0.39 is 0 Å². The van der Waals surface area contributed by atoms with Gasteiger partial charge in [0.25, 0.3) is 0 Å². The predicted molar refractivity (Wildman–Crippen MR) is 61.0 cm³/mol. The van der Waals surface area contributed by atoms with Gasteiger partial charge in [-0.2, -0.15) is 0 Å². The lowest BCUT2D eigenvalue weighted by molar-refractivity contribution is -0.103. The first kappa shape index (κ1) is 11.6. The first-order valence-corrected chi connectivity index (χ1v) is 5.79. The summed E-state index contributed by atoms with van der Waals surface area (Å²) in [5.41, 5.74) is 1.10. The summed E-state index contributed by atoms with van der Waals surface area (Å²) < 4.78 is 5.86. The average molecular weight is 222 g/mol. The maximum Gasteiger partial charge on any atom is 0.0853 e. The highest BCUT2D eigenvalue weighted by Crippen LogP contribution is 2.32. The van der Waals surface area contributed by atoms with Crippen molar-refractivity contribution in [3.63, 3.8) is 0 Å². The number of ether oxygens (including phenoxy) is 1. The van der Waals surface area contributed by atoms with Gasteiger partial charge in [-0.3, -0.25) is 0 Å². The summed E-state index contributed by atoms with van der Waals surface area (Å²) in [7, 11) is 0. The van der Waals surface area contributed by atoms with Crippen molar-refractivity contribution in [2.45, 2.75) is 37.6 Å². The van der Waals surface area contributed by atoms with E-state index in [0.717, 1.165) is 5.56 Å². The Morgan fingerprint density at radius 2 is 1.94 bits per heavy atom. The Morgan fingerprint density at radius 3 is 2.62 bits per heavy atom. The van der Waals surface area contributed by atoms with Crippen molar-refractivity contribution in [1.29, 1.82) is 0 Å². The van der Waals surface area contributed by atoms with Crippen LogP contribution in [0.25, 0.3) is 0 Å². The molecule has 16 heavy (non-hydrogen) atoms. The third kappa shape index (κ3) is 2.82. The van der Waals surface area contributed by atoms with Crippen LogP contribution in [0.5, 0.6) is 0 Å². The molecule has 88 valence electrons. The smallest absolute Gasteiger partial charge is 0.0853 e. The molecule has 1 heterocycles. The SMILES string of the molecule is OCC[C@H]1C[C@@H](O)C[C@@H](c2ccccc2)O1. The summed E-state index contributed by atoms with van der Waals surface area (Å²) in [5, 5.41) is 18.7. The van der Waals surface area contributed by atoms with Crippen molar-refractivity contribution in [1.82, 2.24) is 0 Å². The minimum Gasteiger partial charge on any atom is -0.396 e. The topological polar surface area (TPSA) is 49.7 Å². The zero-order valence-corrected chi connectivity index (χ0v) is 9.25. The lowest BCUT2D eigenvalue weighted by Gasteiger charge is -2.33. The van der Waals surface area contributed by atoms with E-state index in [1.165, 1.54) is 0 Å². The van der Waals surface area contributed by atoms with E-state index in [4.69, 9.17) is 9.84 Å². The molecule has 0 radical (unpaired) electrons. The first-order valence-electron chi connectivity index (χ1n) is 5.79. The van der Waals surface area contributed by atoms with E-state index in [9.17, 15) is 5.11 Å². The second kappa shape index (κ2) is 5.43. The zero-order valence-electron chi connectivity index (χ0n) is 9.25. The van der Waals surface area contributed by atoms with Crippen LogP contribution in [0.2, 0.25) is 0 Å². The molecule has 0 saturated carbocycles. The molecule has 0 amide bonds. The molecule has 3 atom stereocenters. The van der Waals surface area contributed by atoms with Gasteiger partial charge in [-0.25, -0.2) is 0 Å². The lowest BCUT2D eigenvalue weighted by Crippen LogP contribution is -2.31. The summed E-state index contributed by atoms with van der Waals surface area (Å²) in [6.07, 6.45) is 1.48. The summed E-state index contributed by atoms with van der Waals surface area (Å²) in [6.45, 7) is 0.110. The number of rotatable bonds is 3. The summed E-state index contributed by atoms with van der Waals surface area (Å²) in [4.78, 5) is 0. The van der Waals surface area contributed by atoms with E-state index in [1.807, 2.05) is 30.3 Å². The lowest BCUT2D eigenvalue weighted by atomic mass is 9.95.